The molecule has 1 N–H and O–H groups in total. The van der Waals surface area contributed by atoms with Crippen LogP contribution in [0.4, 0.5) is 0 Å². The fourth-order valence-electron chi connectivity index (χ4n) is 3.15. The Bertz CT molecular complexity index is 242. The van der Waals surface area contributed by atoms with E-state index in [1.807, 2.05) is 0 Å². The average Bonchev–Trinajstić information content (AvgIpc) is 2.67. The summed E-state index contributed by atoms with van der Waals surface area (Å²) in [4.78, 5) is 2.68. The predicted octanol–water partition coefficient (Wildman–Crippen LogP) is 2.15. The van der Waals surface area contributed by atoms with Gasteiger partial charge in [-0.05, 0) is 30.7 Å². The second-order valence-electron chi connectivity index (χ2n) is 6.57. The first-order valence-electron chi connectivity index (χ1n) is 7.12. The molecule has 0 spiro atoms. The molecule has 0 aromatic heterocycles. The van der Waals surface area contributed by atoms with Crippen LogP contribution in [0.2, 0.25) is 0 Å². The van der Waals surface area contributed by atoms with E-state index in [0.717, 1.165) is 25.7 Å². The number of morpholine rings is 1. The van der Waals surface area contributed by atoms with Gasteiger partial charge in [0.1, 0.15) is 0 Å². The standard InChI is InChI=1S/C14H28N2O.ClH/c1-12(2)8-13-9-17-7-6-16(13)11-14(3)4-5-15-10-14;/h12-13,15H,4-11H2,1-3H3;1H. The minimum Gasteiger partial charge on any atom is -0.378 e. The maximum atomic E-state index is 5.65. The summed E-state index contributed by atoms with van der Waals surface area (Å²) in [7, 11) is 0. The van der Waals surface area contributed by atoms with Crippen molar-refractivity contribution in [1.82, 2.24) is 10.2 Å². The first kappa shape index (κ1) is 16.2. The summed E-state index contributed by atoms with van der Waals surface area (Å²) in [5.74, 6) is 0.763. The van der Waals surface area contributed by atoms with Gasteiger partial charge in [-0.15, -0.1) is 12.4 Å². The third-order valence-corrected chi connectivity index (χ3v) is 4.13. The van der Waals surface area contributed by atoms with Gasteiger partial charge in [-0.25, -0.2) is 0 Å². The van der Waals surface area contributed by atoms with Gasteiger partial charge in [-0.2, -0.15) is 0 Å². The van der Waals surface area contributed by atoms with Crippen LogP contribution in [0.15, 0.2) is 0 Å². The van der Waals surface area contributed by atoms with Crippen LogP contribution in [0.3, 0.4) is 0 Å². The lowest BCUT2D eigenvalue weighted by Gasteiger charge is -2.41. The van der Waals surface area contributed by atoms with E-state index in [-0.39, 0.29) is 12.4 Å². The molecule has 2 atom stereocenters. The van der Waals surface area contributed by atoms with Gasteiger partial charge in [0.2, 0.25) is 0 Å². The normalized spacial score (nSPS) is 33.7. The maximum absolute atomic E-state index is 5.65. The van der Waals surface area contributed by atoms with E-state index in [0.29, 0.717) is 11.5 Å². The largest absolute Gasteiger partial charge is 0.378 e. The average molecular weight is 277 g/mol. The lowest BCUT2D eigenvalue weighted by atomic mass is 9.88. The molecule has 2 fully saturated rings. The van der Waals surface area contributed by atoms with Crippen molar-refractivity contribution in [2.45, 2.75) is 39.7 Å². The second-order valence-corrected chi connectivity index (χ2v) is 6.57. The van der Waals surface area contributed by atoms with Gasteiger partial charge in [0.15, 0.2) is 0 Å². The molecule has 0 saturated carbocycles. The van der Waals surface area contributed by atoms with Crippen molar-refractivity contribution in [1.29, 1.82) is 0 Å². The lowest BCUT2D eigenvalue weighted by molar-refractivity contribution is -0.0291. The maximum Gasteiger partial charge on any atom is 0.0622 e. The molecule has 0 bridgehead atoms. The first-order chi connectivity index (χ1) is 8.09. The Morgan fingerprint density at radius 2 is 2.22 bits per heavy atom. The third kappa shape index (κ3) is 4.37. The van der Waals surface area contributed by atoms with Crippen LogP contribution in [0, 0.1) is 11.3 Å². The summed E-state index contributed by atoms with van der Waals surface area (Å²) in [5, 5.41) is 3.50. The quantitative estimate of drug-likeness (QED) is 0.852. The topological polar surface area (TPSA) is 24.5 Å². The molecule has 2 rings (SSSR count). The molecule has 0 aliphatic carbocycles. The number of halogens is 1. The van der Waals surface area contributed by atoms with Crippen LogP contribution in [-0.2, 0) is 4.74 Å². The summed E-state index contributed by atoms with van der Waals surface area (Å²) in [6.45, 7) is 13.6. The van der Waals surface area contributed by atoms with E-state index in [1.54, 1.807) is 0 Å². The Balaban J connectivity index is 0.00000162. The number of rotatable bonds is 4. The van der Waals surface area contributed by atoms with Crippen molar-refractivity contribution in [2.75, 3.05) is 39.4 Å². The molecule has 0 radical (unpaired) electrons. The summed E-state index contributed by atoms with van der Waals surface area (Å²) in [6, 6.07) is 0.640. The van der Waals surface area contributed by atoms with Crippen molar-refractivity contribution in [3.8, 4) is 0 Å². The Morgan fingerprint density at radius 1 is 1.44 bits per heavy atom. The molecule has 108 valence electrons. The first-order valence-corrected chi connectivity index (χ1v) is 7.12. The highest BCUT2D eigenvalue weighted by Crippen LogP contribution is 2.28. The molecule has 4 heteroatoms. The van der Waals surface area contributed by atoms with E-state index in [1.165, 1.54) is 32.5 Å². The minimum atomic E-state index is 0. The van der Waals surface area contributed by atoms with Crippen LogP contribution in [0.1, 0.15) is 33.6 Å². The lowest BCUT2D eigenvalue weighted by Crippen LogP contribution is -2.50. The van der Waals surface area contributed by atoms with Crippen molar-refractivity contribution in [3.05, 3.63) is 0 Å². The Kier molecular flexibility index (Phi) is 6.39. The van der Waals surface area contributed by atoms with E-state index in [4.69, 9.17) is 4.74 Å². The van der Waals surface area contributed by atoms with Gasteiger partial charge in [-0.3, -0.25) is 4.90 Å². The molecule has 2 aliphatic heterocycles. The summed E-state index contributed by atoms with van der Waals surface area (Å²) < 4.78 is 5.65. The predicted molar refractivity (Wildman–Crippen MR) is 78.5 cm³/mol. The second kappa shape index (κ2) is 7.09. The SMILES string of the molecule is CC(C)CC1COCCN1CC1(C)CCNC1.Cl. The zero-order valence-corrected chi connectivity index (χ0v) is 12.9. The molecule has 2 heterocycles. The summed E-state index contributed by atoms with van der Waals surface area (Å²) in [6.07, 6.45) is 2.59. The van der Waals surface area contributed by atoms with Gasteiger partial charge < -0.3 is 10.1 Å². The molecule has 0 amide bonds. The highest BCUT2D eigenvalue weighted by molar-refractivity contribution is 5.85. The van der Waals surface area contributed by atoms with Crippen LogP contribution in [-0.4, -0.2) is 50.3 Å². The van der Waals surface area contributed by atoms with Crippen molar-refractivity contribution >= 4 is 12.4 Å². The van der Waals surface area contributed by atoms with Crippen LogP contribution >= 0.6 is 12.4 Å². The highest BCUT2D eigenvalue weighted by Gasteiger charge is 2.34. The molecule has 0 aromatic rings. The molecule has 3 nitrogen and oxygen atoms in total. The fraction of sp³-hybridized carbons (Fsp3) is 1.00. The zero-order valence-electron chi connectivity index (χ0n) is 12.1. The number of nitrogens with one attached hydrogen (secondary N) is 1. The van der Waals surface area contributed by atoms with Crippen LogP contribution in [0.25, 0.3) is 0 Å². The smallest absolute Gasteiger partial charge is 0.0622 e. The molecule has 0 aromatic carbocycles. The minimum absolute atomic E-state index is 0. The van der Waals surface area contributed by atoms with Gasteiger partial charge in [-0.1, -0.05) is 20.8 Å². The van der Waals surface area contributed by atoms with Gasteiger partial charge in [0, 0.05) is 25.7 Å². The van der Waals surface area contributed by atoms with E-state index in [2.05, 4.69) is 31.0 Å². The van der Waals surface area contributed by atoms with E-state index in [9.17, 15) is 0 Å². The van der Waals surface area contributed by atoms with Gasteiger partial charge >= 0.3 is 0 Å². The summed E-state index contributed by atoms with van der Waals surface area (Å²) >= 11 is 0. The van der Waals surface area contributed by atoms with Crippen molar-refractivity contribution < 1.29 is 4.74 Å². The summed E-state index contributed by atoms with van der Waals surface area (Å²) in [5.41, 5.74) is 0.479. The number of hydrogen-bond acceptors (Lipinski definition) is 3. The molecule has 2 saturated heterocycles. The Morgan fingerprint density at radius 3 is 2.83 bits per heavy atom. The molecule has 18 heavy (non-hydrogen) atoms. The highest BCUT2D eigenvalue weighted by atomic mass is 35.5. The number of nitrogens with zero attached hydrogens (tertiary/aromatic N) is 1. The van der Waals surface area contributed by atoms with Crippen molar-refractivity contribution in [3.63, 3.8) is 0 Å². The number of ether oxygens (including phenoxy) is 1. The molecular weight excluding hydrogens is 248 g/mol. The number of hydrogen-bond donors (Lipinski definition) is 1. The molecule has 2 aliphatic rings. The fourth-order valence-corrected chi connectivity index (χ4v) is 3.15. The monoisotopic (exact) mass is 276 g/mol. The Labute approximate surface area is 118 Å². The van der Waals surface area contributed by atoms with E-state index < -0.39 is 0 Å². The Hall–Kier alpha value is 0.170. The third-order valence-electron chi connectivity index (χ3n) is 4.13. The molecular formula is C14H29ClN2O. The molecule has 2 unspecified atom stereocenters. The van der Waals surface area contributed by atoms with Crippen LogP contribution in [0.5, 0.6) is 0 Å². The van der Waals surface area contributed by atoms with E-state index >= 15 is 0 Å². The van der Waals surface area contributed by atoms with Gasteiger partial charge in [0.05, 0.1) is 13.2 Å². The zero-order chi connectivity index (χ0) is 12.3. The van der Waals surface area contributed by atoms with Gasteiger partial charge in [0.25, 0.3) is 0 Å². The van der Waals surface area contributed by atoms with Crippen molar-refractivity contribution in [2.24, 2.45) is 11.3 Å². The van der Waals surface area contributed by atoms with Crippen LogP contribution < -0.4 is 5.32 Å².